The van der Waals surface area contributed by atoms with Gasteiger partial charge in [0.2, 0.25) is 20.0 Å². The number of carbonyl (C=O) groups excluding carboxylic acids is 1. The molecule has 0 unspecified atom stereocenters. The Labute approximate surface area is 107 Å². The molecule has 0 heterocycles. The Hall–Kier alpha value is 0.0400. The number of alkyl halides is 3. The number of nitrogens with zero attached hydrogens (tertiary/aromatic N) is 1. The molecule has 0 aliphatic rings. The van der Waals surface area contributed by atoms with Crippen LogP contribution in [0.15, 0.2) is 0 Å². The lowest BCUT2D eigenvalue weighted by atomic mass is 11.2. The van der Waals surface area contributed by atoms with Gasteiger partial charge in [0.25, 0.3) is 0 Å². The molecule has 0 aromatic heterocycles. The van der Waals surface area contributed by atoms with Crippen LogP contribution in [0.2, 0.25) is 0 Å². The number of hydrogen-bond donors (Lipinski definition) is 0. The second-order valence-corrected chi connectivity index (χ2v) is 8.61. The molecule has 0 fully saturated rings. The van der Waals surface area contributed by atoms with E-state index in [1.807, 2.05) is 0 Å². The fourth-order valence-electron chi connectivity index (χ4n) is 0.653. The van der Waals surface area contributed by atoms with Crippen LogP contribution in [-0.2, 0) is 24.8 Å². The van der Waals surface area contributed by atoms with Gasteiger partial charge in [-0.15, -0.1) is 0 Å². The summed E-state index contributed by atoms with van der Waals surface area (Å²) in [6.07, 6.45) is -0.869. The second kappa shape index (κ2) is 4.73. The molecule has 16 heavy (non-hydrogen) atoms. The van der Waals surface area contributed by atoms with Crippen molar-refractivity contribution in [2.75, 3.05) is 12.5 Å². The van der Waals surface area contributed by atoms with Crippen LogP contribution in [0, 0.1) is 0 Å². The molecule has 0 aliphatic carbocycles. The average Bonchev–Trinajstić information content (AvgIpc) is 1.70. The van der Waals surface area contributed by atoms with Gasteiger partial charge in [-0.3, -0.25) is 0 Å². The van der Waals surface area contributed by atoms with Crippen molar-refractivity contribution in [3.8, 4) is 0 Å². The highest BCUT2D eigenvalue weighted by molar-refractivity contribution is 8.04. The van der Waals surface area contributed by atoms with Gasteiger partial charge in [0.05, 0.1) is 12.5 Å². The van der Waals surface area contributed by atoms with E-state index in [2.05, 4.69) is 4.74 Å². The largest absolute Gasteiger partial charge is 0.441 e. The fraction of sp³-hybridized carbons (Fsp3) is 0.750. The van der Waals surface area contributed by atoms with E-state index in [1.54, 1.807) is 0 Å². The van der Waals surface area contributed by atoms with Crippen molar-refractivity contribution in [1.82, 2.24) is 3.71 Å². The molecular weight excluding hydrogens is 329 g/mol. The Morgan fingerprint density at radius 3 is 1.56 bits per heavy atom. The molecule has 0 aromatic rings. The molecule has 0 bridgehead atoms. The Morgan fingerprint density at radius 1 is 1.06 bits per heavy atom. The second-order valence-electron chi connectivity index (χ2n) is 2.54. The monoisotopic (exact) mass is 333 g/mol. The van der Waals surface area contributed by atoms with E-state index < -0.39 is 33.8 Å². The van der Waals surface area contributed by atoms with E-state index in [4.69, 9.17) is 34.8 Å². The van der Waals surface area contributed by atoms with Crippen LogP contribution in [0.4, 0.5) is 4.79 Å². The molecule has 12 heteroatoms. The minimum atomic E-state index is -4.40. The first-order chi connectivity index (χ1) is 6.75. The summed E-state index contributed by atoms with van der Waals surface area (Å²) in [5, 5.41) is 0. The van der Waals surface area contributed by atoms with Gasteiger partial charge in [0.15, 0.2) is 0 Å². The van der Waals surface area contributed by atoms with Crippen LogP contribution in [0.5, 0.6) is 0 Å². The van der Waals surface area contributed by atoms with Crippen molar-refractivity contribution in [3.05, 3.63) is 0 Å². The number of ether oxygens (including phenoxy) is 1. The summed E-state index contributed by atoms with van der Waals surface area (Å²) in [4.78, 5) is 11.1. The maximum atomic E-state index is 11.1. The zero-order valence-corrected chi connectivity index (χ0v) is 11.7. The van der Waals surface area contributed by atoms with Gasteiger partial charge in [-0.05, 0) is 34.8 Å². The van der Waals surface area contributed by atoms with Crippen LogP contribution in [-0.4, -0.2) is 43.1 Å². The Kier molecular flexibility index (Phi) is 4.74. The van der Waals surface area contributed by atoms with E-state index in [9.17, 15) is 21.6 Å². The summed E-state index contributed by atoms with van der Waals surface area (Å²) in [6.45, 7) is 0. The van der Waals surface area contributed by atoms with Gasteiger partial charge >= 0.3 is 10.1 Å². The molecule has 0 saturated heterocycles. The number of halogens is 3. The highest BCUT2D eigenvalue weighted by Crippen LogP contribution is 2.29. The minimum Gasteiger partial charge on any atom is -0.396 e. The normalized spacial score (nSPS) is 13.3. The number of sulfonamides is 2. The molecular formula is C4H6Cl3NO6S2. The molecule has 96 valence electrons. The van der Waals surface area contributed by atoms with Gasteiger partial charge in [-0.25, -0.2) is 21.6 Å². The summed E-state index contributed by atoms with van der Waals surface area (Å²) < 4.78 is 45.0. The zero-order chi connectivity index (χ0) is 13.4. The Bertz CT molecular complexity index is 444. The van der Waals surface area contributed by atoms with Crippen LogP contribution >= 0.6 is 34.8 Å². The smallest absolute Gasteiger partial charge is 0.396 e. The molecule has 0 spiro atoms. The standard InChI is InChI=1S/C4H6Cl3NO6S2/c1-15(10,11)8(16(2,12)13)3(9)14-4(5,6)7/h1-2H3. The van der Waals surface area contributed by atoms with Crippen LogP contribution < -0.4 is 0 Å². The lowest BCUT2D eigenvalue weighted by molar-refractivity contribution is 0.137. The molecule has 0 saturated carbocycles. The molecule has 0 rings (SSSR count). The lowest BCUT2D eigenvalue weighted by Crippen LogP contribution is -2.42. The number of carbonyl (C=O) groups is 1. The first kappa shape index (κ1) is 16.0. The van der Waals surface area contributed by atoms with Crippen LogP contribution in [0.3, 0.4) is 0 Å². The zero-order valence-electron chi connectivity index (χ0n) is 7.85. The van der Waals surface area contributed by atoms with Crippen molar-refractivity contribution in [2.45, 2.75) is 3.98 Å². The SMILES string of the molecule is CS(=O)(=O)N(C(=O)OC(Cl)(Cl)Cl)S(C)(=O)=O. The van der Waals surface area contributed by atoms with Gasteiger partial charge < -0.3 is 4.74 Å². The van der Waals surface area contributed by atoms with Gasteiger partial charge in [0.1, 0.15) is 0 Å². The van der Waals surface area contributed by atoms with Crippen LogP contribution in [0.1, 0.15) is 0 Å². The van der Waals surface area contributed by atoms with Crippen molar-refractivity contribution in [2.24, 2.45) is 0 Å². The maximum Gasteiger partial charge on any atom is 0.441 e. The van der Waals surface area contributed by atoms with Crippen molar-refractivity contribution < 1.29 is 26.4 Å². The summed E-state index contributed by atoms with van der Waals surface area (Å²) >= 11 is 15.1. The number of hydrogen-bond acceptors (Lipinski definition) is 6. The molecule has 0 N–H and O–H groups in total. The first-order valence-electron chi connectivity index (χ1n) is 3.25. The molecule has 0 radical (unpaired) electrons. The fourth-order valence-corrected chi connectivity index (χ4v) is 3.43. The van der Waals surface area contributed by atoms with Gasteiger partial charge in [0, 0.05) is 0 Å². The van der Waals surface area contributed by atoms with Crippen molar-refractivity contribution in [1.29, 1.82) is 0 Å². The third kappa shape index (κ3) is 5.39. The summed E-state index contributed by atoms with van der Waals surface area (Å²) in [6, 6.07) is 0. The third-order valence-electron chi connectivity index (χ3n) is 0.955. The maximum absolute atomic E-state index is 11.1. The van der Waals surface area contributed by atoms with Gasteiger partial charge in [-0.2, -0.15) is 0 Å². The van der Waals surface area contributed by atoms with E-state index in [-0.39, 0.29) is 0 Å². The molecule has 0 atom stereocenters. The molecule has 1 amide bonds. The summed E-state index contributed by atoms with van der Waals surface area (Å²) in [5.74, 6) is 0. The lowest BCUT2D eigenvalue weighted by Gasteiger charge is -2.19. The first-order valence-corrected chi connectivity index (χ1v) is 8.08. The van der Waals surface area contributed by atoms with E-state index >= 15 is 0 Å². The average molecular weight is 335 g/mol. The predicted octanol–water partition coefficient (Wildman–Crippen LogP) is 0.672. The Balaban J connectivity index is 5.36. The minimum absolute atomic E-state index is 0.480. The van der Waals surface area contributed by atoms with E-state index in [0.29, 0.717) is 12.5 Å². The summed E-state index contributed by atoms with van der Waals surface area (Å²) in [7, 11) is -8.80. The number of rotatable bonds is 2. The van der Waals surface area contributed by atoms with E-state index in [1.165, 1.54) is 0 Å². The van der Waals surface area contributed by atoms with Crippen molar-refractivity contribution >= 4 is 60.9 Å². The molecule has 0 aromatic carbocycles. The van der Waals surface area contributed by atoms with Crippen LogP contribution in [0.25, 0.3) is 0 Å². The molecule has 0 aliphatic heterocycles. The molecule has 7 nitrogen and oxygen atoms in total. The quantitative estimate of drug-likeness (QED) is 0.688. The summed E-state index contributed by atoms with van der Waals surface area (Å²) in [5.41, 5.74) is 0. The number of amides is 1. The highest BCUT2D eigenvalue weighted by atomic mass is 35.6. The third-order valence-corrected chi connectivity index (χ3v) is 4.31. The van der Waals surface area contributed by atoms with E-state index in [0.717, 1.165) is 0 Å². The van der Waals surface area contributed by atoms with Crippen molar-refractivity contribution in [3.63, 3.8) is 0 Å². The predicted molar refractivity (Wildman–Crippen MR) is 58.3 cm³/mol. The topological polar surface area (TPSA) is 97.8 Å². The van der Waals surface area contributed by atoms with Gasteiger partial charge in [-0.1, -0.05) is 3.71 Å². The highest BCUT2D eigenvalue weighted by Gasteiger charge is 2.38. The Morgan fingerprint density at radius 2 is 1.38 bits per heavy atom.